The summed E-state index contributed by atoms with van der Waals surface area (Å²) in [6.45, 7) is 4.77. The summed E-state index contributed by atoms with van der Waals surface area (Å²) in [5, 5.41) is 3.51. The third-order valence-electron chi connectivity index (χ3n) is 6.18. The average molecular weight is 607 g/mol. The third kappa shape index (κ3) is 7.47. The lowest BCUT2D eigenvalue weighted by molar-refractivity contribution is -0.140. The van der Waals surface area contributed by atoms with E-state index in [1.165, 1.54) is 36.3 Å². The van der Waals surface area contributed by atoms with E-state index in [0.29, 0.717) is 27.0 Å². The molecule has 0 spiro atoms. The molecular formula is C29H33Cl2N3O5S. The molecule has 3 aromatic rings. The number of para-hydroxylation sites is 1. The van der Waals surface area contributed by atoms with Crippen LogP contribution in [0.3, 0.4) is 0 Å². The van der Waals surface area contributed by atoms with Crippen molar-refractivity contribution in [3.8, 4) is 5.75 Å². The number of amides is 2. The Kier molecular flexibility index (Phi) is 10.8. The number of ether oxygens (including phenoxy) is 1. The zero-order chi connectivity index (χ0) is 29.4. The van der Waals surface area contributed by atoms with E-state index >= 15 is 0 Å². The number of hydrogen-bond acceptors (Lipinski definition) is 5. The summed E-state index contributed by atoms with van der Waals surface area (Å²) in [7, 11) is -2.71. The van der Waals surface area contributed by atoms with E-state index in [2.05, 4.69) is 5.32 Å². The van der Waals surface area contributed by atoms with Crippen LogP contribution in [0.2, 0.25) is 10.0 Å². The van der Waals surface area contributed by atoms with E-state index in [1.54, 1.807) is 55.5 Å². The van der Waals surface area contributed by atoms with Crippen molar-refractivity contribution in [2.75, 3.05) is 18.0 Å². The van der Waals surface area contributed by atoms with E-state index in [1.807, 2.05) is 13.8 Å². The molecule has 11 heteroatoms. The van der Waals surface area contributed by atoms with Crippen LogP contribution >= 0.6 is 23.2 Å². The lowest BCUT2D eigenvalue weighted by atomic mass is 10.1. The van der Waals surface area contributed by atoms with Crippen LogP contribution in [-0.4, -0.2) is 50.9 Å². The van der Waals surface area contributed by atoms with Gasteiger partial charge in [-0.3, -0.25) is 13.9 Å². The SMILES string of the molecule is CC[C@@H](C(=O)NC(C)C)N(Cc1c(Cl)cccc1Cl)C(=O)CN(c1ccccc1)S(=O)(=O)c1ccc(OC)cc1. The highest BCUT2D eigenvalue weighted by Gasteiger charge is 2.34. The van der Waals surface area contributed by atoms with Gasteiger partial charge in [0.2, 0.25) is 11.8 Å². The molecule has 0 bridgehead atoms. The monoisotopic (exact) mass is 605 g/mol. The molecule has 0 fully saturated rings. The predicted octanol–water partition coefficient (Wildman–Crippen LogP) is 5.53. The second-order valence-corrected chi connectivity index (χ2v) is 12.0. The molecule has 0 unspecified atom stereocenters. The van der Waals surface area contributed by atoms with E-state index < -0.39 is 28.5 Å². The number of anilines is 1. The Balaban J connectivity index is 2.08. The first-order chi connectivity index (χ1) is 19.0. The Bertz CT molecular complexity index is 1400. The number of hydrogen-bond donors (Lipinski definition) is 1. The number of halogens is 2. The molecule has 8 nitrogen and oxygen atoms in total. The molecule has 0 radical (unpaired) electrons. The first-order valence-corrected chi connectivity index (χ1v) is 14.9. The largest absolute Gasteiger partial charge is 0.497 e. The summed E-state index contributed by atoms with van der Waals surface area (Å²) in [4.78, 5) is 28.6. The molecule has 0 heterocycles. The quantitative estimate of drug-likeness (QED) is 0.293. The zero-order valence-corrected chi connectivity index (χ0v) is 25.1. The van der Waals surface area contributed by atoms with Crippen molar-refractivity contribution in [2.45, 2.75) is 50.7 Å². The minimum atomic E-state index is -4.19. The summed E-state index contributed by atoms with van der Waals surface area (Å²) in [6.07, 6.45) is 0.281. The molecule has 3 aromatic carbocycles. The van der Waals surface area contributed by atoms with Gasteiger partial charge in [0.05, 0.1) is 17.7 Å². The summed E-state index contributed by atoms with van der Waals surface area (Å²) < 4.78 is 33.9. The van der Waals surface area contributed by atoms with Gasteiger partial charge >= 0.3 is 0 Å². The van der Waals surface area contributed by atoms with Gasteiger partial charge in [-0.15, -0.1) is 0 Å². The van der Waals surface area contributed by atoms with Crippen LogP contribution in [0.25, 0.3) is 0 Å². The Morgan fingerprint density at radius 1 is 0.925 bits per heavy atom. The van der Waals surface area contributed by atoms with Gasteiger partial charge in [-0.05, 0) is 68.8 Å². The third-order valence-corrected chi connectivity index (χ3v) is 8.67. The van der Waals surface area contributed by atoms with Crippen molar-refractivity contribution in [1.82, 2.24) is 10.2 Å². The maximum absolute atomic E-state index is 14.1. The Labute approximate surface area is 245 Å². The predicted molar refractivity (Wildman–Crippen MR) is 158 cm³/mol. The minimum Gasteiger partial charge on any atom is -0.497 e. The first-order valence-electron chi connectivity index (χ1n) is 12.7. The van der Waals surface area contributed by atoms with Crippen LogP contribution in [0.4, 0.5) is 5.69 Å². The highest BCUT2D eigenvalue weighted by Crippen LogP contribution is 2.29. The number of nitrogens with zero attached hydrogens (tertiary/aromatic N) is 2. The Morgan fingerprint density at radius 3 is 2.05 bits per heavy atom. The lowest BCUT2D eigenvalue weighted by Gasteiger charge is -2.34. The fourth-order valence-corrected chi connectivity index (χ4v) is 6.08. The normalized spacial score (nSPS) is 12.1. The molecule has 0 saturated heterocycles. The second-order valence-electron chi connectivity index (χ2n) is 9.33. The molecule has 0 aromatic heterocycles. The first kappa shape index (κ1) is 31.3. The van der Waals surface area contributed by atoms with E-state index in [4.69, 9.17) is 27.9 Å². The molecule has 40 heavy (non-hydrogen) atoms. The van der Waals surface area contributed by atoms with Gasteiger partial charge in [0.25, 0.3) is 10.0 Å². The summed E-state index contributed by atoms with van der Waals surface area (Å²) >= 11 is 12.9. The van der Waals surface area contributed by atoms with Crippen LogP contribution in [-0.2, 0) is 26.2 Å². The van der Waals surface area contributed by atoms with Crippen molar-refractivity contribution in [1.29, 1.82) is 0 Å². The number of benzene rings is 3. The van der Waals surface area contributed by atoms with Gasteiger partial charge in [-0.1, -0.05) is 54.4 Å². The molecule has 1 atom stereocenters. The fourth-order valence-electron chi connectivity index (χ4n) is 4.15. The van der Waals surface area contributed by atoms with Crippen molar-refractivity contribution in [2.24, 2.45) is 0 Å². The smallest absolute Gasteiger partial charge is 0.264 e. The second kappa shape index (κ2) is 13.9. The minimum absolute atomic E-state index is 0.0183. The highest BCUT2D eigenvalue weighted by atomic mass is 35.5. The van der Waals surface area contributed by atoms with Gasteiger partial charge in [0.15, 0.2) is 0 Å². The molecule has 3 rings (SSSR count). The number of carbonyl (C=O) groups excluding carboxylic acids is 2. The summed E-state index contributed by atoms with van der Waals surface area (Å²) in [5.74, 6) is -0.466. The average Bonchev–Trinajstić information content (AvgIpc) is 2.93. The topological polar surface area (TPSA) is 96.0 Å². The maximum atomic E-state index is 14.1. The van der Waals surface area contributed by atoms with Crippen LogP contribution in [0, 0.1) is 0 Å². The van der Waals surface area contributed by atoms with E-state index in [-0.39, 0.29) is 29.8 Å². The maximum Gasteiger partial charge on any atom is 0.264 e. The Morgan fingerprint density at radius 2 is 1.52 bits per heavy atom. The number of rotatable bonds is 12. The van der Waals surface area contributed by atoms with Crippen LogP contribution in [0.5, 0.6) is 5.75 Å². The molecule has 0 saturated carbocycles. The number of carbonyl (C=O) groups is 2. The van der Waals surface area contributed by atoms with Gasteiger partial charge in [0.1, 0.15) is 18.3 Å². The molecule has 1 N–H and O–H groups in total. The zero-order valence-electron chi connectivity index (χ0n) is 22.8. The van der Waals surface area contributed by atoms with Crippen LogP contribution in [0.15, 0.2) is 77.7 Å². The van der Waals surface area contributed by atoms with Crippen molar-refractivity contribution < 1.29 is 22.7 Å². The van der Waals surface area contributed by atoms with Gasteiger partial charge in [0, 0.05) is 28.2 Å². The number of nitrogens with one attached hydrogen (secondary N) is 1. The van der Waals surface area contributed by atoms with Crippen molar-refractivity contribution in [3.05, 3.63) is 88.4 Å². The van der Waals surface area contributed by atoms with Gasteiger partial charge in [-0.2, -0.15) is 0 Å². The van der Waals surface area contributed by atoms with Crippen LogP contribution < -0.4 is 14.4 Å². The lowest BCUT2D eigenvalue weighted by Crippen LogP contribution is -2.53. The highest BCUT2D eigenvalue weighted by molar-refractivity contribution is 7.92. The summed E-state index contributed by atoms with van der Waals surface area (Å²) in [6, 6.07) is 18.1. The van der Waals surface area contributed by atoms with Crippen LogP contribution in [0.1, 0.15) is 32.8 Å². The van der Waals surface area contributed by atoms with Crippen molar-refractivity contribution in [3.63, 3.8) is 0 Å². The molecule has 2 amide bonds. The van der Waals surface area contributed by atoms with Gasteiger partial charge < -0.3 is 15.0 Å². The van der Waals surface area contributed by atoms with E-state index in [0.717, 1.165) is 4.31 Å². The molecule has 0 aliphatic heterocycles. The van der Waals surface area contributed by atoms with Crippen molar-refractivity contribution >= 4 is 50.7 Å². The fraction of sp³-hybridized carbons (Fsp3) is 0.310. The van der Waals surface area contributed by atoms with E-state index in [9.17, 15) is 18.0 Å². The number of sulfonamides is 1. The standard InChI is InChI=1S/C29H33Cl2N3O5S/c1-5-27(29(36)32-20(2)3)33(18-24-25(30)12-9-13-26(24)31)28(35)19-34(21-10-7-6-8-11-21)40(37,38)23-16-14-22(39-4)15-17-23/h6-17,20,27H,5,18-19H2,1-4H3,(H,32,36)/t27-/m0/s1. The molecule has 0 aliphatic rings. The number of methoxy groups -OCH3 is 1. The summed E-state index contributed by atoms with van der Waals surface area (Å²) in [5.41, 5.74) is 0.751. The van der Waals surface area contributed by atoms with Gasteiger partial charge in [-0.25, -0.2) is 8.42 Å². The molecule has 0 aliphatic carbocycles. The molecular weight excluding hydrogens is 573 g/mol. The molecule has 214 valence electrons. The Hall–Kier alpha value is -3.27.